The van der Waals surface area contributed by atoms with Gasteiger partial charge in [-0.1, -0.05) is 13.8 Å². The number of nitrogens with zero attached hydrogens (tertiary/aromatic N) is 3. The second kappa shape index (κ2) is 9.55. The molecule has 8 heteroatoms. The lowest BCUT2D eigenvalue weighted by Gasteiger charge is -2.36. The quantitative estimate of drug-likeness (QED) is 0.885. The molecule has 1 amide bonds. The predicted octanol–water partition coefficient (Wildman–Crippen LogP) is 2.32. The van der Waals surface area contributed by atoms with Crippen LogP contribution in [0.15, 0.2) is 5.38 Å². The summed E-state index contributed by atoms with van der Waals surface area (Å²) >= 11 is 1.67. The number of amides is 1. The van der Waals surface area contributed by atoms with E-state index >= 15 is 0 Å². The van der Waals surface area contributed by atoms with Crippen molar-refractivity contribution in [3.8, 4) is 0 Å². The van der Waals surface area contributed by atoms with Crippen LogP contribution in [0.2, 0.25) is 0 Å². The lowest BCUT2D eigenvalue weighted by atomic mass is 10.0. The van der Waals surface area contributed by atoms with Crippen LogP contribution in [0, 0.1) is 12.8 Å². The standard InChI is InChI=1S/C14H24N4OS.2ClH/c1-10(2)8-12(15)13(19)17-4-6-18(7-5-17)14-16-11(3)9-20-14;;/h9-10,12H,4-8,15H2,1-3H3;2*1H/t12-;;/m0../s1. The molecule has 5 nitrogen and oxygen atoms in total. The van der Waals surface area contributed by atoms with Crippen molar-refractivity contribution < 1.29 is 4.79 Å². The molecule has 2 heterocycles. The van der Waals surface area contributed by atoms with Crippen molar-refractivity contribution in [2.75, 3.05) is 31.1 Å². The molecular weight excluding hydrogens is 343 g/mol. The molecule has 1 aromatic heterocycles. The first kappa shape index (κ1) is 21.4. The van der Waals surface area contributed by atoms with Crippen LogP contribution in [0.1, 0.15) is 26.0 Å². The number of aromatic nitrogens is 1. The average Bonchev–Trinajstić information content (AvgIpc) is 2.84. The third-order valence-electron chi connectivity index (χ3n) is 3.51. The van der Waals surface area contributed by atoms with Crippen molar-refractivity contribution in [3.05, 3.63) is 11.1 Å². The first-order valence-electron chi connectivity index (χ1n) is 7.19. The van der Waals surface area contributed by atoms with Gasteiger partial charge in [0.15, 0.2) is 5.13 Å². The summed E-state index contributed by atoms with van der Waals surface area (Å²) in [6.07, 6.45) is 0.755. The fraction of sp³-hybridized carbons (Fsp3) is 0.714. The molecule has 0 aliphatic carbocycles. The summed E-state index contributed by atoms with van der Waals surface area (Å²) < 4.78 is 0. The van der Waals surface area contributed by atoms with E-state index in [2.05, 4.69) is 29.1 Å². The lowest BCUT2D eigenvalue weighted by Crippen LogP contribution is -2.53. The van der Waals surface area contributed by atoms with Gasteiger partial charge in [0.05, 0.1) is 11.7 Å². The van der Waals surface area contributed by atoms with Crippen LogP contribution in [0.3, 0.4) is 0 Å². The number of carbonyl (C=O) groups is 1. The Bertz CT molecular complexity index is 461. The van der Waals surface area contributed by atoms with E-state index in [1.54, 1.807) is 11.3 Å². The second-order valence-corrected chi connectivity index (χ2v) is 6.66. The van der Waals surface area contributed by atoms with Crippen LogP contribution in [0.5, 0.6) is 0 Å². The smallest absolute Gasteiger partial charge is 0.239 e. The highest BCUT2D eigenvalue weighted by Crippen LogP contribution is 2.21. The highest BCUT2D eigenvalue weighted by molar-refractivity contribution is 7.13. The molecule has 1 aliphatic rings. The third-order valence-corrected chi connectivity index (χ3v) is 4.53. The molecule has 1 fully saturated rings. The van der Waals surface area contributed by atoms with Crippen molar-refractivity contribution in [2.24, 2.45) is 11.7 Å². The maximum Gasteiger partial charge on any atom is 0.239 e. The van der Waals surface area contributed by atoms with E-state index in [-0.39, 0.29) is 36.8 Å². The van der Waals surface area contributed by atoms with Crippen LogP contribution in [0.4, 0.5) is 5.13 Å². The summed E-state index contributed by atoms with van der Waals surface area (Å²) in [6.45, 7) is 9.35. The van der Waals surface area contributed by atoms with Gasteiger partial charge in [-0.3, -0.25) is 4.79 Å². The molecule has 0 saturated carbocycles. The summed E-state index contributed by atoms with van der Waals surface area (Å²) in [5.74, 6) is 0.544. The molecule has 2 N–H and O–H groups in total. The third kappa shape index (κ3) is 5.57. The van der Waals surface area contributed by atoms with Crippen molar-refractivity contribution in [2.45, 2.75) is 33.2 Å². The Labute approximate surface area is 149 Å². The maximum absolute atomic E-state index is 12.3. The van der Waals surface area contributed by atoms with Gasteiger partial charge >= 0.3 is 0 Å². The highest BCUT2D eigenvalue weighted by atomic mass is 35.5. The first-order valence-corrected chi connectivity index (χ1v) is 8.06. The number of halogens is 2. The summed E-state index contributed by atoms with van der Waals surface area (Å²) in [6, 6.07) is -0.358. The fourth-order valence-electron chi connectivity index (χ4n) is 2.45. The molecular formula is C14H26Cl2N4OS. The van der Waals surface area contributed by atoms with Crippen LogP contribution in [-0.4, -0.2) is 48.0 Å². The monoisotopic (exact) mass is 368 g/mol. The zero-order valence-corrected chi connectivity index (χ0v) is 15.8. The fourth-order valence-corrected chi connectivity index (χ4v) is 3.31. The van der Waals surface area contributed by atoms with Gasteiger partial charge in [0.1, 0.15) is 0 Å². The van der Waals surface area contributed by atoms with Gasteiger partial charge < -0.3 is 15.5 Å². The lowest BCUT2D eigenvalue weighted by molar-refractivity contribution is -0.133. The minimum atomic E-state index is -0.358. The number of aryl methyl sites for hydroxylation is 1. The molecule has 0 spiro atoms. The van der Waals surface area contributed by atoms with Gasteiger partial charge in [-0.2, -0.15) is 0 Å². The van der Waals surface area contributed by atoms with Gasteiger partial charge in [-0.25, -0.2) is 4.98 Å². The summed E-state index contributed by atoms with van der Waals surface area (Å²) in [5, 5.41) is 3.12. The largest absolute Gasteiger partial charge is 0.345 e. The number of nitrogens with two attached hydrogens (primary N) is 1. The number of carbonyl (C=O) groups excluding carboxylic acids is 1. The van der Waals surface area contributed by atoms with Crippen molar-refractivity contribution in [1.29, 1.82) is 0 Å². The predicted molar refractivity (Wildman–Crippen MR) is 97.6 cm³/mol. The molecule has 0 bridgehead atoms. The Kier molecular flexibility index (Phi) is 9.31. The Balaban J connectivity index is 0.00000220. The Morgan fingerprint density at radius 3 is 2.36 bits per heavy atom. The summed E-state index contributed by atoms with van der Waals surface area (Å²) in [7, 11) is 0. The van der Waals surface area contributed by atoms with Gasteiger partial charge in [0, 0.05) is 31.6 Å². The Hall–Kier alpha value is -0.560. The molecule has 0 aromatic carbocycles. The van der Waals surface area contributed by atoms with E-state index in [1.165, 1.54) is 0 Å². The normalized spacial score (nSPS) is 16.0. The summed E-state index contributed by atoms with van der Waals surface area (Å²) in [5.41, 5.74) is 7.04. The second-order valence-electron chi connectivity index (χ2n) is 5.82. The van der Waals surface area contributed by atoms with Gasteiger partial charge in [-0.05, 0) is 19.3 Å². The van der Waals surface area contributed by atoms with Crippen molar-refractivity contribution in [1.82, 2.24) is 9.88 Å². The number of piperazine rings is 1. The van der Waals surface area contributed by atoms with E-state index in [0.29, 0.717) is 5.92 Å². The van der Waals surface area contributed by atoms with Gasteiger partial charge in [0.25, 0.3) is 0 Å². The highest BCUT2D eigenvalue weighted by Gasteiger charge is 2.26. The van der Waals surface area contributed by atoms with E-state index in [4.69, 9.17) is 5.73 Å². The molecule has 0 radical (unpaired) electrons. The zero-order valence-electron chi connectivity index (χ0n) is 13.3. The van der Waals surface area contributed by atoms with Gasteiger partial charge in [0.2, 0.25) is 5.91 Å². The van der Waals surface area contributed by atoms with E-state index < -0.39 is 0 Å². The van der Waals surface area contributed by atoms with Crippen molar-refractivity contribution >= 4 is 47.2 Å². The van der Waals surface area contributed by atoms with E-state index in [1.807, 2.05) is 11.8 Å². The number of hydrogen-bond acceptors (Lipinski definition) is 5. The minimum Gasteiger partial charge on any atom is -0.345 e. The van der Waals surface area contributed by atoms with E-state index in [9.17, 15) is 4.79 Å². The van der Waals surface area contributed by atoms with Crippen LogP contribution in [0.25, 0.3) is 0 Å². The van der Waals surface area contributed by atoms with E-state index in [0.717, 1.165) is 43.4 Å². The molecule has 2 rings (SSSR count). The van der Waals surface area contributed by atoms with Crippen LogP contribution >= 0.6 is 36.2 Å². The van der Waals surface area contributed by atoms with Crippen molar-refractivity contribution in [3.63, 3.8) is 0 Å². The Morgan fingerprint density at radius 2 is 1.91 bits per heavy atom. The molecule has 1 atom stereocenters. The topological polar surface area (TPSA) is 62.5 Å². The molecule has 1 aromatic rings. The average molecular weight is 369 g/mol. The number of hydrogen-bond donors (Lipinski definition) is 1. The molecule has 1 aliphatic heterocycles. The molecule has 22 heavy (non-hydrogen) atoms. The van der Waals surface area contributed by atoms with Crippen LogP contribution in [-0.2, 0) is 4.79 Å². The minimum absolute atomic E-state index is 0. The molecule has 128 valence electrons. The first-order chi connectivity index (χ1) is 9.47. The SMILES string of the molecule is Cc1csc(N2CCN(C(=O)[C@@H](N)CC(C)C)CC2)n1.Cl.Cl. The summed E-state index contributed by atoms with van der Waals surface area (Å²) in [4.78, 5) is 20.9. The zero-order chi connectivity index (χ0) is 14.7. The number of rotatable bonds is 4. The van der Waals surface area contributed by atoms with Crippen LogP contribution < -0.4 is 10.6 Å². The van der Waals surface area contributed by atoms with Gasteiger partial charge in [-0.15, -0.1) is 36.2 Å². The Morgan fingerprint density at radius 1 is 1.32 bits per heavy atom. The number of anilines is 1. The number of thiazole rings is 1. The molecule has 1 saturated heterocycles. The molecule has 0 unspecified atom stereocenters. The maximum atomic E-state index is 12.3.